The number of anilines is 2. The summed E-state index contributed by atoms with van der Waals surface area (Å²) in [5.74, 6) is 0.706. The lowest BCUT2D eigenvalue weighted by Gasteiger charge is -2.35. The lowest BCUT2D eigenvalue weighted by atomic mass is 10.0. The van der Waals surface area contributed by atoms with Crippen molar-refractivity contribution < 1.29 is 4.79 Å². The Morgan fingerprint density at radius 1 is 1.14 bits per heavy atom. The Labute approximate surface area is 175 Å². The van der Waals surface area contributed by atoms with E-state index in [0.29, 0.717) is 5.92 Å². The van der Waals surface area contributed by atoms with Gasteiger partial charge in [-0.1, -0.05) is 56.0 Å². The van der Waals surface area contributed by atoms with Gasteiger partial charge in [0.05, 0.1) is 5.25 Å². The van der Waals surface area contributed by atoms with Crippen LogP contribution in [0.2, 0.25) is 0 Å². The maximum Gasteiger partial charge on any atom is 0.235 e. The Kier molecular flexibility index (Phi) is 7.31. The van der Waals surface area contributed by atoms with E-state index in [0.717, 1.165) is 47.9 Å². The third kappa shape index (κ3) is 5.46. The number of nitrogens with one attached hydrogen (secondary N) is 1. The average molecular weight is 420 g/mol. The van der Waals surface area contributed by atoms with Crippen molar-refractivity contribution in [3.8, 4) is 0 Å². The number of benzene rings is 1. The summed E-state index contributed by atoms with van der Waals surface area (Å²) in [6.07, 6.45) is 0. The van der Waals surface area contributed by atoms with Crippen LogP contribution in [0.1, 0.15) is 39.2 Å². The van der Waals surface area contributed by atoms with Crippen LogP contribution in [0, 0.1) is 0 Å². The fourth-order valence-corrected chi connectivity index (χ4v) is 5.13. The molecule has 152 valence electrons. The predicted octanol–water partition coefficient (Wildman–Crippen LogP) is 4.05. The Morgan fingerprint density at radius 3 is 2.43 bits per heavy atom. The fraction of sp³-hybridized carbons (Fsp3) is 0.550. The molecule has 0 saturated carbocycles. The maximum atomic E-state index is 12.7. The summed E-state index contributed by atoms with van der Waals surface area (Å²) in [6.45, 7) is 13.1. The molecule has 1 amide bonds. The van der Waals surface area contributed by atoms with Gasteiger partial charge < -0.3 is 15.1 Å². The molecule has 1 aliphatic heterocycles. The molecule has 0 aliphatic carbocycles. The first-order chi connectivity index (χ1) is 13.5. The van der Waals surface area contributed by atoms with Gasteiger partial charge in [-0.05, 0) is 37.1 Å². The summed E-state index contributed by atoms with van der Waals surface area (Å²) in [4.78, 5) is 17.1. The normalized spacial score (nSPS) is 16.4. The van der Waals surface area contributed by atoms with Crippen LogP contribution in [0.25, 0.3) is 0 Å². The quantitative estimate of drug-likeness (QED) is 0.683. The number of nitrogens with zero attached hydrogens (tertiary/aromatic N) is 4. The number of likely N-dealkylation sites (N-methyl/N-ethyl adjacent to an activating group) is 1. The molecule has 2 heterocycles. The van der Waals surface area contributed by atoms with Crippen LogP contribution < -0.4 is 5.32 Å². The zero-order chi connectivity index (χ0) is 20.1. The summed E-state index contributed by atoms with van der Waals surface area (Å²) in [6, 6.07) is 8.38. The standard InChI is InChI=1S/C20H29N5OS2/c1-5-24-10-12-25(13-11-24)18(26)15(4)27-20-23-22-19(28-20)21-17-8-6-16(7-9-17)14(2)3/h6-9,14-15H,5,10-13H2,1-4H3,(H,21,22)/t15-/m1/s1. The van der Waals surface area contributed by atoms with Crippen LogP contribution in [-0.2, 0) is 4.79 Å². The van der Waals surface area contributed by atoms with Gasteiger partial charge in [0.1, 0.15) is 0 Å². The molecule has 8 heteroatoms. The molecular weight excluding hydrogens is 390 g/mol. The van der Waals surface area contributed by atoms with Gasteiger partial charge in [-0.2, -0.15) is 0 Å². The largest absolute Gasteiger partial charge is 0.339 e. The molecule has 1 saturated heterocycles. The van der Waals surface area contributed by atoms with Crippen LogP contribution in [-0.4, -0.2) is 63.9 Å². The molecule has 0 radical (unpaired) electrons. The monoisotopic (exact) mass is 419 g/mol. The van der Waals surface area contributed by atoms with Gasteiger partial charge in [0.25, 0.3) is 0 Å². The van der Waals surface area contributed by atoms with Crippen LogP contribution in [0.3, 0.4) is 0 Å². The molecule has 3 rings (SSSR count). The number of piperazine rings is 1. The van der Waals surface area contributed by atoms with Gasteiger partial charge in [0.15, 0.2) is 4.34 Å². The minimum atomic E-state index is -0.153. The lowest BCUT2D eigenvalue weighted by Crippen LogP contribution is -2.50. The van der Waals surface area contributed by atoms with E-state index in [9.17, 15) is 4.79 Å². The lowest BCUT2D eigenvalue weighted by molar-refractivity contribution is -0.132. The molecule has 0 bridgehead atoms. The van der Waals surface area contributed by atoms with Crippen molar-refractivity contribution in [3.63, 3.8) is 0 Å². The number of aromatic nitrogens is 2. The topological polar surface area (TPSA) is 61.4 Å². The molecule has 2 aromatic rings. The first-order valence-electron chi connectivity index (χ1n) is 9.84. The van der Waals surface area contributed by atoms with Gasteiger partial charge >= 0.3 is 0 Å². The second-order valence-electron chi connectivity index (χ2n) is 7.29. The van der Waals surface area contributed by atoms with Crippen molar-refractivity contribution in [2.45, 2.75) is 43.2 Å². The molecule has 0 spiro atoms. The Morgan fingerprint density at radius 2 is 1.82 bits per heavy atom. The number of hydrogen-bond acceptors (Lipinski definition) is 7. The number of carbonyl (C=O) groups excluding carboxylic acids is 1. The van der Waals surface area contributed by atoms with E-state index in [1.165, 1.54) is 28.7 Å². The molecule has 1 atom stereocenters. The van der Waals surface area contributed by atoms with Gasteiger partial charge in [-0.3, -0.25) is 4.79 Å². The van der Waals surface area contributed by atoms with E-state index in [2.05, 4.69) is 65.5 Å². The summed E-state index contributed by atoms with van der Waals surface area (Å²) in [5, 5.41) is 12.4. The van der Waals surface area contributed by atoms with Crippen molar-refractivity contribution >= 4 is 39.8 Å². The zero-order valence-corrected chi connectivity index (χ0v) is 18.6. The zero-order valence-electron chi connectivity index (χ0n) is 17.0. The van der Waals surface area contributed by atoms with Crippen molar-refractivity contribution in [1.29, 1.82) is 0 Å². The van der Waals surface area contributed by atoms with Crippen LogP contribution in [0.4, 0.5) is 10.8 Å². The highest BCUT2D eigenvalue weighted by Gasteiger charge is 2.26. The van der Waals surface area contributed by atoms with Gasteiger partial charge in [0.2, 0.25) is 11.0 Å². The Hall–Kier alpha value is -1.64. The second kappa shape index (κ2) is 9.71. The van der Waals surface area contributed by atoms with Crippen molar-refractivity contribution in [2.24, 2.45) is 0 Å². The average Bonchev–Trinajstić information content (AvgIpc) is 3.14. The molecule has 1 N–H and O–H groups in total. The van der Waals surface area contributed by atoms with E-state index >= 15 is 0 Å². The summed E-state index contributed by atoms with van der Waals surface area (Å²) in [5.41, 5.74) is 2.31. The highest BCUT2D eigenvalue weighted by atomic mass is 32.2. The third-order valence-electron chi connectivity index (χ3n) is 4.99. The number of amides is 1. The second-order valence-corrected chi connectivity index (χ2v) is 9.86. The van der Waals surface area contributed by atoms with E-state index in [4.69, 9.17) is 0 Å². The number of thioether (sulfide) groups is 1. The SMILES string of the molecule is CCN1CCN(C(=O)[C@@H](C)Sc2nnc(Nc3ccc(C(C)C)cc3)s2)CC1. The number of carbonyl (C=O) groups is 1. The van der Waals surface area contributed by atoms with E-state index in [1.54, 1.807) is 0 Å². The predicted molar refractivity (Wildman–Crippen MR) is 118 cm³/mol. The maximum absolute atomic E-state index is 12.7. The van der Waals surface area contributed by atoms with Crippen molar-refractivity contribution in [2.75, 3.05) is 38.0 Å². The van der Waals surface area contributed by atoms with E-state index in [-0.39, 0.29) is 11.2 Å². The van der Waals surface area contributed by atoms with Crippen LogP contribution in [0.15, 0.2) is 28.6 Å². The van der Waals surface area contributed by atoms with E-state index < -0.39 is 0 Å². The smallest absolute Gasteiger partial charge is 0.235 e. The summed E-state index contributed by atoms with van der Waals surface area (Å²) in [7, 11) is 0. The minimum absolute atomic E-state index is 0.153. The van der Waals surface area contributed by atoms with Crippen molar-refractivity contribution in [3.05, 3.63) is 29.8 Å². The number of hydrogen-bond donors (Lipinski definition) is 1. The van der Waals surface area contributed by atoms with Gasteiger partial charge in [-0.25, -0.2) is 0 Å². The summed E-state index contributed by atoms with van der Waals surface area (Å²) >= 11 is 2.98. The molecule has 0 unspecified atom stereocenters. The minimum Gasteiger partial charge on any atom is -0.339 e. The van der Waals surface area contributed by atoms with Gasteiger partial charge in [-0.15, -0.1) is 10.2 Å². The molecule has 28 heavy (non-hydrogen) atoms. The van der Waals surface area contributed by atoms with Crippen molar-refractivity contribution in [1.82, 2.24) is 20.0 Å². The van der Waals surface area contributed by atoms with Crippen LogP contribution in [0.5, 0.6) is 0 Å². The first kappa shape index (κ1) is 21.1. The fourth-order valence-electron chi connectivity index (χ4n) is 3.13. The molecule has 1 aliphatic rings. The Balaban J connectivity index is 1.53. The third-order valence-corrected chi connectivity index (χ3v) is 7.00. The summed E-state index contributed by atoms with van der Waals surface area (Å²) < 4.78 is 0.814. The van der Waals surface area contributed by atoms with Crippen LogP contribution >= 0.6 is 23.1 Å². The highest BCUT2D eigenvalue weighted by Crippen LogP contribution is 2.31. The highest BCUT2D eigenvalue weighted by molar-refractivity contribution is 8.02. The van der Waals surface area contributed by atoms with E-state index in [1.807, 2.05) is 11.8 Å². The Bertz CT molecular complexity index is 769. The van der Waals surface area contributed by atoms with Gasteiger partial charge in [0, 0.05) is 31.9 Å². The molecule has 1 fully saturated rings. The molecule has 1 aromatic carbocycles. The number of rotatable bonds is 7. The molecule has 6 nitrogen and oxygen atoms in total. The molecular formula is C20H29N5OS2. The molecule has 1 aromatic heterocycles. The first-order valence-corrected chi connectivity index (χ1v) is 11.5.